The van der Waals surface area contributed by atoms with Crippen molar-refractivity contribution >= 4 is 35.0 Å². The summed E-state index contributed by atoms with van der Waals surface area (Å²) in [4.78, 5) is 0. The number of hydrogen-bond donors (Lipinski definition) is 1. The third-order valence-corrected chi connectivity index (χ3v) is 5.08. The number of ether oxygens (including phenoxy) is 2. The van der Waals surface area contributed by atoms with Gasteiger partial charge < -0.3 is 14.6 Å². The van der Waals surface area contributed by atoms with E-state index in [0.29, 0.717) is 26.7 Å². The molecule has 0 unspecified atom stereocenters. The molecule has 1 atom stereocenters. The van der Waals surface area contributed by atoms with Crippen molar-refractivity contribution in [3.63, 3.8) is 0 Å². The molecule has 0 saturated heterocycles. The molecular weight excluding hydrogens is 411 g/mol. The van der Waals surface area contributed by atoms with Crippen LogP contribution in [0.5, 0.6) is 11.5 Å². The van der Waals surface area contributed by atoms with E-state index < -0.39 is 6.10 Å². The van der Waals surface area contributed by atoms with Crippen molar-refractivity contribution in [3.05, 3.63) is 52.5 Å². The van der Waals surface area contributed by atoms with E-state index >= 15 is 0 Å². The second kappa shape index (κ2) is 9.27. The maximum Gasteiger partial charge on any atom is 0.214 e. The summed E-state index contributed by atoms with van der Waals surface area (Å²) in [5, 5.41) is 23.3. The van der Waals surface area contributed by atoms with Crippen molar-refractivity contribution in [2.75, 3.05) is 19.5 Å². The molecule has 0 bridgehead atoms. The standard InChI is InChI=1S/C17H16Cl2N4O3S/c1-25-14-5-3-12(4-6-14)23-17(20-21-22-23)27-10-13(24)9-26-16-7-2-11(18)8-15(16)19/h2-8,13,24H,9-10H2,1H3/t13-/m0/s1. The summed E-state index contributed by atoms with van der Waals surface area (Å²) in [6, 6.07) is 12.3. The largest absolute Gasteiger partial charge is 0.497 e. The molecule has 2 aromatic carbocycles. The van der Waals surface area contributed by atoms with E-state index in [2.05, 4.69) is 15.5 Å². The topological polar surface area (TPSA) is 82.3 Å². The van der Waals surface area contributed by atoms with Crippen LogP contribution in [-0.4, -0.2) is 50.9 Å². The van der Waals surface area contributed by atoms with Gasteiger partial charge in [0.1, 0.15) is 18.1 Å². The van der Waals surface area contributed by atoms with Crippen molar-refractivity contribution in [2.24, 2.45) is 0 Å². The second-order valence-corrected chi connectivity index (χ2v) is 7.25. The molecule has 27 heavy (non-hydrogen) atoms. The Balaban J connectivity index is 1.56. The number of aliphatic hydroxyl groups excluding tert-OH is 1. The molecule has 1 heterocycles. The third kappa shape index (κ3) is 5.26. The molecule has 7 nitrogen and oxygen atoms in total. The quantitative estimate of drug-likeness (QED) is 0.551. The Kier molecular flexibility index (Phi) is 6.78. The molecule has 3 aromatic rings. The first-order valence-electron chi connectivity index (χ1n) is 7.88. The monoisotopic (exact) mass is 426 g/mol. The maximum absolute atomic E-state index is 10.2. The number of thioether (sulfide) groups is 1. The van der Waals surface area contributed by atoms with Gasteiger partial charge in [-0.05, 0) is 52.9 Å². The van der Waals surface area contributed by atoms with Gasteiger partial charge in [0.15, 0.2) is 0 Å². The SMILES string of the molecule is COc1ccc(-n2nnnc2SC[C@@H](O)COc2ccc(Cl)cc2Cl)cc1. The van der Waals surface area contributed by atoms with Crippen LogP contribution in [0.1, 0.15) is 0 Å². The third-order valence-electron chi connectivity index (χ3n) is 3.49. The van der Waals surface area contributed by atoms with E-state index in [1.54, 1.807) is 30.0 Å². The number of tetrazole rings is 1. The van der Waals surface area contributed by atoms with Crippen LogP contribution in [0, 0.1) is 0 Å². The predicted molar refractivity (Wildman–Crippen MR) is 104 cm³/mol. The Morgan fingerprint density at radius 2 is 1.96 bits per heavy atom. The molecule has 3 rings (SSSR count). The molecular formula is C17H16Cl2N4O3S. The first kappa shape index (κ1) is 19.8. The van der Waals surface area contributed by atoms with Crippen LogP contribution in [0.25, 0.3) is 5.69 Å². The van der Waals surface area contributed by atoms with Crippen LogP contribution in [0.2, 0.25) is 10.0 Å². The molecule has 142 valence electrons. The fourth-order valence-corrected chi connectivity index (χ4v) is 3.41. The zero-order valence-corrected chi connectivity index (χ0v) is 16.6. The molecule has 0 fully saturated rings. The average molecular weight is 427 g/mol. The Morgan fingerprint density at radius 3 is 2.67 bits per heavy atom. The number of halogens is 2. The van der Waals surface area contributed by atoms with Gasteiger partial charge in [-0.1, -0.05) is 35.0 Å². The summed E-state index contributed by atoms with van der Waals surface area (Å²) in [6.07, 6.45) is -0.734. The van der Waals surface area contributed by atoms with Gasteiger partial charge in [-0.3, -0.25) is 0 Å². The van der Waals surface area contributed by atoms with E-state index in [1.807, 2.05) is 24.3 Å². The van der Waals surface area contributed by atoms with Gasteiger partial charge in [-0.15, -0.1) is 5.10 Å². The Hall–Kier alpha value is -2.00. The number of aliphatic hydroxyl groups is 1. The lowest BCUT2D eigenvalue weighted by atomic mass is 10.3. The van der Waals surface area contributed by atoms with Crippen molar-refractivity contribution < 1.29 is 14.6 Å². The minimum Gasteiger partial charge on any atom is -0.497 e. The number of aromatic nitrogens is 4. The van der Waals surface area contributed by atoms with E-state index in [9.17, 15) is 5.11 Å². The highest BCUT2D eigenvalue weighted by atomic mass is 35.5. The van der Waals surface area contributed by atoms with E-state index in [0.717, 1.165) is 11.4 Å². The number of benzene rings is 2. The molecule has 1 aromatic heterocycles. The minimum atomic E-state index is -0.734. The number of methoxy groups -OCH3 is 1. The molecule has 0 aliphatic heterocycles. The van der Waals surface area contributed by atoms with Gasteiger partial charge in [0.05, 0.1) is 23.9 Å². The first-order valence-corrected chi connectivity index (χ1v) is 9.62. The van der Waals surface area contributed by atoms with Gasteiger partial charge in [0, 0.05) is 10.8 Å². The summed E-state index contributed by atoms with van der Waals surface area (Å²) < 4.78 is 12.3. The minimum absolute atomic E-state index is 0.0818. The zero-order valence-electron chi connectivity index (χ0n) is 14.2. The van der Waals surface area contributed by atoms with Crippen molar-refractivity contribution in [2.45, 2.75) is 11.3 Å². The molecule has 0 spiro atoms. The van der Waals surface area contributed by atoms with Crippen LogP contribution in [0.15, 0.2) is 47.6 Å². The highest BCUT2D eigenvalue weighted by Gasteiger charge is 2.13. The predicted octanol–water partition coefficient (Wildman–Crippen LogP) is 3.51. The van der Waals surface area contributed by atoms with E-state index in [4.69, 9.17) is 32.7 Å². The van der Waals surface area contributed by atoms with Crippen molar-refractivity contribution in [1.29, 1.82) is 0 Å². The van der Waals surface area contributed by atoms with Crippen LogP contribution < -0.4 is 9.47 Å². The summed E-state index contributed by atoms with van der Waals surface area (Å²) in [5.41, 5.74) is 0.794. The summed E-state index contributed by atoms with van der Waals surface area (Å²) in [7, 11) is 1.61. The van der Waals surface area contributed by atoms with Gasteiger partial charge in [0.2, 0.25) is 5.16 Å². The molecule has 10 heteroatoms. The Labute approximate surface area is 170 Å². The van der Waals surface area contributed by atoms with Crippen molar-refractivity contribution in [1.82, 2.24) is 20.2 Å². The normalized spacial score (nSPS) is 12.0. The lowest BCUT2D eigenvalue weighted by Gasteiger charge is -2.13. The first-order chi connectivity index (χ1) is 13.1. The Morgan fingerprint density at radius 1 is 1.19 bits per heavy atom. The Bertz CT molecular complexity index is 892. The second-order valence-electron chi connectivity index (χ2n) is 5.42. The molecule has 0 aliphatic carbocycles. The summed E-state index contributed by atoms with van der Waals surface area (Å²) in [6.45, 7) is 0.0818. The maximum atomic E-state index is 10.2. The van der Waals surface area contributed by atoms with Crippen LogP contribution in [0.4, 0.5) is 0 Å². The number of hydrogen-bond acceptors (Lipinski definition) is 7. The zero-order chi connectivity index (χ0) is 19.2. The molecule has 0 aliphatic rings. The lowest BCUT2D eigenvalue weighted by Crippen LogP contribution is -2.20. The molecule has 0 amide bonds. The number of rotatable bonds is 8. The molecule has 0 saturated carbocycles. The smallest absolute Gasteiger partial charge is 0.214 e. The highest BCUT2D eigenvalue weighted by molar-refractivity contribution is 7.99. The van der Waals surface area contributed by atoms with Gasteiger partial charge in [0.25, 0.3) is 0 Å². The average Bonchev–Trinajstić information content (AvgIpc) is 3.14. The highest BCUT2D eigenvalue weighted by Crippen LogP contribution is 2.28. The van der Waals surface area contributed by atoms with Crippen molar-refractivity contribution in [3.8, 4) is 17.2 Å². The van der Waals surface area contributed by atoms with E-state index in [1.165, 1.54) is 11.8 Å². The summed E-state index contributed by atoms with van der Waals surface area (Å²) in [5.74, 6) is 1.56. The van der Waals surface area contributed by atoms with Gasteiger partial charge in [-0.25, -0.2) is 0 Å². The van der Waals surface area contributed by atoms with Crippen LogP contribution in [0.3, 0.4) is 0 Å². The van der Waals surface area contributed by atoms with Gasteiger partial charge in [-0.2, -0.15) is 4.68 Å². The van der Waals surface area contributed by atoms with Crippen LogP contribution >= 0.6 is 35.0 Å². The van der Waals surface area contributed by atoms with Gasteiger partial charge >= 0.3 is 0 Å². The van der Waals surface area contributed by atoms with E-state index in [-0.39, 0.29) is 6.61 Å². The number of nitrogens with zero attached hydrogens (tertiary/aromatic N) is 4. The fourth-order valence-electron chi connectivity index (χ4n) is 2.15. The molecule has 1 N–H and O–H groups in total. The summed E-state index contributed by atoms with van der Waals surface area (Å²) >= 11 is 13.2. The lowest BCUT2D eigenvalue weighted by molar-refractivity contribution is 0.126. The molecule has 0 radical (unpaired) electrons. The van der Waals surface area contributed by atoms with Crippen LogP contribution in [-0.2, 0) is 0 Å². The fraction of sp³-hybridized carbons (Fsp3) is 0.235.